The summed E-state index contributed by atoms with van der Waals surface area (Å²) in [6.07, 6.45) is -3.81. The van der Waals surface area contributed by atoms with Gasteiger partial charge < -0.3 is 5.73 Å². The molecule has 0 amide bonds. The van der Waals surface area contributed by atoms with Gasteiger partial charge in [-0.1, -0.05) is 0 Å². The molecule has 1 aliphatic rings. The van der Waals surface area contributed by atoms with Crippen molar-refractivity contribution in [3.05, 3.63) is 35.1 Å². The number of hydrogen-bond acceptors (Lipinski definition) is 1. The van der Waals surface area contributed by atoms with Crippen molar-refractivity contribution in [2.45, 2.75) is 18.5 Å². The number of rotatable bonds is 2. The second kappa shape index (κ2) is 3.73. The molecule has 0 aromatic heterocycles. The molecule has 0 heterocycles. The minimum Gasteiger partial charge on any atom is -0.330 e. The van der Waals surface area contributed by atoms with E-state index in [1.807, 2.05) is 0 Å². The van der Waals surface area contributed by atoms with Crippen molar-refractivity contribution in [1.29, 1.82) is 0 Å². The average molecular weight is 233 g/mol. The van der Waals surface area contributed by atoms with Crippen molar-refractivity contribution in [3.8, 4) is 0 Å². The van der Waals surface area contributed by atoms with E-state index in [0.29, 0.717) is 13.0 Å². The predicted molar refractivity (Wildman–Crippen MR) is 51.3 cm³/mol. The zero-order valence-corrected chi connectivity index (χ0v) is 8.39. The Bertz CT molecular complexity index is 399. The zero-order chi connectivity index (χ0) is 11.9. The van der Waals surface area contributed by atoms with Gasteiger partial charge in [-0.05, 0) is 48.6 Å². The molecular weight excluding hydrogens is 222 g/mol. The average Bonchev–Trinajstić information content (AvgIpc) is 2.94. The molecule has 0 bridgehead atoms. The highest BCUT2D eigenvalue weighted by Crippen LogP contribution is 2.50. The van der Waals surface area contributed by atoms with E-state index in [4.69, 9.17) is 5.73 Å². The predicted octanol–water partition coefficient (Wildman–Crippen LogP) is 2.91. The monoisotopic (exact) mass is 233 g/mol. The lowest BCUT2D eigenvalue weighted by Crippen LogP contribution is -2.10. The maximum absolute atomic E-state index is 13.0. The second-order valence-electron chi connectivity index (χ2n) is 4.07. The molecule has 0 spiro atoms. The van der Waals surface area contributed by atoms with Crippen LogP contribution in [0.2, 0.25) is 0 Å². The van der Waals surface area contributed by atoms with Crippen molar-refractivity contribution in [3.63, 3.8) is 0 Å². The summed E-state index contributed by atoms with van der Waals surface area (Å²) in [5, 5.41) is 0. The maximum atomic E-state index is 13.0. The molecule has 2 rings (SSSR count). The fourth-order valence-electron chi connectivity index (χ4n) is 1.99. The molecule has 1 aromatic rings. The van der Waals surface area contributed by atoms with Gasteiger partial charge in [-0.2, -0.15) is 13.2 Å². The Labute approximate surface area is 90.3 Å². The third-order valence-electron chi connectivity index (χ3n) is 2.94. The second-order valence-corrected chi connectivity index (χ2v) is 4.07. The molecule has 0 radical (unpaired) electrons. The van der Waals surface area contributed by atoms with E-state index in [-0.39, 0.29) is 17.4 Å². The van der Waals surface area contributed by atoms with Gasteiger partial charge in [0.2, 0.25) is 0 Å². The number of nitrogens with two attached hydrogens (primary N) is 1. The van der Waals surface area contributed by atoms with Gasteiger partial charge in [-0.3, -0.25) is 0 Å². The van der Waals surface area contributed by atoms with Crippen LogP contribution in [0.3, 0.4) is 0 Å². The molecule has 1 saturated carbocycles. The normalized spacial score (nSPS) is 24.6. The Kier molecular flexibility index (Phi) is 2.66. The van der Waals surface area contributed by atoms with E-state index in [2.05, 4.69) is 0 Å². The maximum Gasteiger partial charge on any atom is 0.416 e. The summed E-state index contributed by atoms with van der Waals surface area (Å²) in [5.74, 6) is -0.814. The van der Waals surface area contributed by atoms with E-state index >= 15 is 0 Å². The molecule has 2 atom stereocenters. The van der Waals surface area contributed by atoms with Gasteiger partial charge in [-0.25, -0.2) is 4.39 Å². The molecule has 1 fully saturated rings. The van der Waals surface area contributed by atoms with Crippen molar-refractivity contribution < 1.29 is 17.6 Å². The minimum absolute atomic E-state index is 0.0444. The summed E-state index contributed by atoms with van der Waals surface area (Å²) < 4.78 is 50.9. The number of halogens is 4. The number of benzene rings is 1. The zero-order valence-electron chi connectivity index (χ0n) is 8.39. The van der Waals surface area contributed by atoms with Crippen LogP contribution in [0.25, 0.3) is 0 Å². The van der Waals surface area contributed by atoms with Crippen LogP contribution >= 0.6 is 0 Å². The van der Waals surface area contributed by atoms with Gasteiger partial charge in [-0.15, -0.1) is 0 Å². The van der Waals surface area contributed by atoms with Crippen LogP contribution in [0.4, 0.5) is 17.6 Å². The van der Waals surface area contributed by atoms with Crippen LogP contribution in [0.15, 0.2) is 18.2 Å². The molecule has 0 aliphatic heterocycles. The largest absolute Gasteiger partial charge is 0.416 e. The molecule has 0 saturated heterocycles. The van der Waals surface area contributed by atoms with E-state index in [1.54, 1.807) is 0 Å². The van der Waals surface area contributed by atoms with E-state index in [9.17, 15) is 17.6 Å². The van der Waals surface area contributed by atoms with Gasteiger partial charge in [0.15, 0.2) is 0 Å². The quantitative estimate of drug-likeness (QED) is 0.781. The van der Waals surface area contributed by atoms with E-state index in [0.717, 1.165) is 18.2 Å². The lowest BCUT2D eigenvalue weighted by atomic mass is 10.0. The lowest BCUT2D eigenvalue weighted by molar-refractivity contribution is -0.138. The number of hydrogen-bond donors (Lipinski definition) is 1. The molecule has 5 heteroatoms. The van der Waals surface area contributed by atoms with Crippen LogP contribution in [0.5, 0.6) is 0 Å². The molecule has 16 heavy (non-hydrogen) atoms. The van der Waals surface area contributed by atoms with Crippen LogP contribution in [-0.2, 0) is 6.18 Å². The molecular formula is C11H11F4N. The first-order valence-electron chi connectivity index (χ1n) is 5.00. The van der Waals surface area contributed by atoms with E-state index in [1.165, 1.54) is 0 Å². The molecule has 2 N–H and O–H groups in total. The third-order valence-corrected chi connectivity index (χ3v) is 2.94. The number of alkyl halides is 3. The van der Waals surface area contributed by atoms with Gasteiger partial charge in [0.1, 0.15) is 5.82 Å². The third kappa shape index (κ3) is 2.04. The highest BCUT2D eigenvalue weighted by Gasteiger charge is 2.43. The Morgan fingerprint density at radius 1 is 1.31 bits per heavy atom. The van der Waals surface area contributed by atoms with Crippen molar-refractivity contribution in [2.75, 3.05) is 6.54 Å². The van der Waals surface area contributed by atoms with Crippen molar-refractivity contribution in [1.82, 2.24) is 0 Å². The fourth-order valence-corrected chi connectivity index (χ4v) is 1.99. The van der Waals surface area contributed by atoms with Crippen molar-refractivity contribution >= 4 is 0 Å². The first kappa shape index (κ1) is 11.4. The highest BCUT2D eigenvalue weighted by molar-refractivity contribution is 5.37. The fraction of sp³-hybridized carbons (Fsp3) is 0.455. The highest BCUT2D eigenvalue weighted by atomic mass is 19.4. The topological polar surface area (TPSA) is 26.0 Å². The standard InChI is InChI=1S/C11H11F4N/c12-7-1-2-10(11(13,14)15)9(4-7)8-3-6(8)5-16/h1-2,4,6,8H,3,5,16H2/t6-,8+/m0/s1. The molecule has 1 nitrogen and oxygen atoms in total. The van der Waals surface area contributed by atoms with Crippen LogP contribution in [-0.4, -0.2) is 6.54 Å². The summed E-state index contributed by atoms with van der Waals surface area (Å²) in [7, 11) is 0. The Morgan fingerprint density at radius 3 is 2.50 bits per heavy atom. The molecule has 0 unspecified atom stereocenters. The lowest BCUT2D eigenvalue weighted by Gasteiger charge is -2.12. The van der Waals surface area contributed by atoms with Crippen LogP contribution in [0.1, 0.15) is 23.5 Å². The molecule has 88 valence electrons. The summed E-state index contributed by atoms with van der Waals surface area (Å²) in [6, 6.07) is 2.62. The van der Waals surface area contributed by atoms with Crippen molar-refractivity contribution in [2.24, 2.45) is 11.7 Å². The molecule has 1 aromatic carbocycles. The summed E-state index contributed by atoms with van der Waals surface area (Å²) in [6.45, 7) is 0.346. The SMILES string of the molecule is NC[C@@H]1C[C@H]1c1cc(F)ccc1C(F)(F)F. The summed E-state index contributed by atoms with van der Waals surface area (Å²) in [4.78, 5) is 0. The van der Waals surface area contributed by atoms with Gasteiger partial charge in [0.25, 0.3) is 0 Å². The first-order chi connectivity index (χ1) is 7.43. The van der Waals surface area contributed by atoms with Crippen LogP contribution < -0.4 is 5.73 Å². The van der Waals surface area contributed by atoms with Gasteiger partial charge >= 0.3 is 6.18 Å². The Morgan fingerprint density at radius 2 is 2.00 bits per heavy atom. The Balaban J connectivity index is 2.38. The summed E-state index contributed by atoms with van der Waals surface area (Å²) >= 11 is 0. The first-order valence-corrected chi connectivity index (χ1v) is 5.00. The van der Waals surface area contributed by atoms with Gasteiger partial charge in [0.05, 0.1) is 5.56 Å². The van der Waals surface area contributed by atoms with E-state index < -0.39 is 17.6 Å². The molecule has 1 aliphatic carbocycles. The minimum atomic E-state index is -4.43. The van der Waals surface area contributed by atoms with Crippen LogP contribution in [0, 0.1) is 11.7 Å². The van der Waals surface area contributed by atoms with Gasteiger partial charge in [0, 0.05) is 0 Å². The summed E-state index contributed by atoms with van der Waals surface area (Å²) in [5.41, 5.74) is 4.69. The smallest absolute Gasteiger partial charge is 0.330 e. The Hall–Kier alpha value is -1.10.